The summed E-state index contributed by atoms with van der Waals surface area (Å²) in [4.78, 5) is 26.5. The van der Waals surface area contributed by atoms with Crippen LogP contribution in [0, 0.1) is 5.82 Å². The third-order valence-electron chi connectivity index (χ3n) is 5.41. The summed E-state index contributed by atoms with van der Waals surface area (Å²) in [5.41, 5.74) is 2.15. The Labute approximate surface area is 202 Å². The van der Waals surface area contributed by atoms with Gasteiger partial charge in [0.25, 0.3) is 5.91 Å². The minimum Gasteiger partial charge on any atom is -0.343 e. The van der Waals surface area contributed by atoms with E-state index in [-0.39, 0.29) is 5.56 Å². The number of carbonyl (C=O) groups is 2. The number of benzene rings is 4. The molecule has 4 aromatic rings. The molecule has 0 aliphatic heterocycles. The first-order valence-corrected chi connectivity index (χ1v) is 11.1. The van der Waals surface area contributed by atoms with Gasteiger partial charge in [-0.15, -0.1) is 0 Å². The zero-order chi connectivity index (χ0) is 23.9. The van der Waals surface area contributed by atoms with Gasteiger partial charge in [-0.05, 0) is 41.0 Å². The van der Waals surface area contributed by atoms with Gasteiger partial charge in [-0.25, -0.2) is 4.39 Å². The van der Waals surface area contributed by atoms with Crippen molar-refractivity contribution in [1.29, 1.82) is 0 Å². The molecule has 0 aliphatic carbocycles. The summed E-state index contributed by atoms with van der Waals surface area (Å²) in [5.74, 6) is -1.80. The van der Waals surface area contributed by atoms with Crippen molar-refractivity contribution in [2.75, 3.05) is 0 Å². The van der Waals surface area contributed by atoms with Gasteiger partial charge in [-0.1, -0.05) is 96.5 Å². The third kappa shape index (κ3) is 5.50. The van der Waals surface area contributed by atoms with E-state index in [9.17, 15) is 14.0 Å². The fourth-order valence-electron chi connectivity index (χ4n) is 3.69. The molecule has 170 valence electrons. The number of halogens is 2. The molecule has 0 unspecified atom stereocenters. The van der Waals surface area contributed by atoms with Crippen LogP contribution >= 0.6 is 11.6 Å². The molecule has 4 aromatic carbocycles. The fourth-order valence-corrected chi connectivity index (χ4v) is 3.81. The summed E-state index contributed by atoms with van der Waals surface area (Å²) in [5, 5.41) is 6.23. The molecule has 0 saturated carbocycles. The summed E-state index contributed by atoms with van der Waals surface area (Å²) < 4.78 is 14.2. The van der Waals surface area contributed by atoms with Crippen molar-refractivity contribution in [3.63, 3.8) is 0 Å². The lowest BCUT2D eigenvalue weighted by Crippen LogP contribution is -2.42. The second kappa shape index (κ2) is 10.8. The van der Waals surface area contributed by atoms with Crippen molar-refractivity contribution in [2.45, 2.75) is 12.1 Å². The molecule has 2 amide bonds. The molecule has 0 aliphatic rings. The molecule has 0 radical (unpaired) electrons. The van der Waals surface area contributed by atoms with E-state index in [1.54, 1.807) is 30.3 Å². The summed E-state index contributed by atoms with van der Waals surface area (Å²) in [6.07, 6.45) is 0. The maximum absolute atomic E-state index is 14.2. The maximum Gasteiger partial charge on any atom is 0.255 e. The second-order valence-electron chi connectivity index (χ2n) is 7.70. The molecule has 1 atom stereocenters. The van der Waals surface area contributed by atoms with Gasteiger partial charge in [0.2, 0.25) is 5.91 Å². The zero-order valence-electron chi connectivity index (χ0n) is 18.1. The first-order chi connectivity index (χ1) is 16.5. The van der Waals surface area contributed by atoms with E-state index in [1.807, 2.05) is 60.7 Å². The Morgan fingerprint density at radius 2 is 1.18 bits per heavy atom. The van der Waals surface area contributed by atoms with Gasteiger partial charge in [0.15, 0.2) is 0 Å². The lowest BCUT2D eigenvalue weighted by molar-refractivity contribution is -0.123. The smallest absolute Gasteiger partial charge is 0.255 e. The van der Waals surface area contributed by atoms with Crippen LogP contribution in [-0.4, -0.2) is 11.8 Å². The molecule has 0 saturated heterocycles. The van der Waals surface area contributed by atoms with E-state index in [0.717, 1.165) is 11.1 Å². The van der Waals surface area contributed by atoms with Gasteiger partial charge in [0.05, 0.1) is 11.6 Å². The summed E-state index contributed by atoms with van der Waals surface area (Å²) >= 11 is 6.03. The van der Waals surface area contributed by atoms with Gasteiger partial charge >= 0.3 is 0 Å². The van der Waals surface area contributed by atoms with Gasteiger partial charge in [-0.2, -0.15) is 0 Å². The number of nitrogens with one attached hydrogen (secondary N) is 2. The van der Waals surface area contributed by atoms with Crippen molar-refractivity contribution in [3.8, 4) is 0 Å². The minimum atomic E-state index is -1.07. The van der Waals surface area contributed by atoms with Crippen molar-refractivity contribution in [2.24, 2.45) is 0 Å². The van der Waals surface area contributed by atoms with Crippen molar-refractivity contribution in [1.82, 2.24) is 10.6 Å². The summed E-state index contributed by atoms with van der Waals surface area (Å²) in [6.45, 7) is 0. The first-order valence-electron chi connectivity index (χ1n) is 10.7. The Morgan fingerprint density at radius 3 is 1.74 bits per heavy atom. The Balaban J connectivity index is 1.67. The Bertz CT molecular complexity index is 1230. The molecule has 4 nitrogen and oxygen atoms in total. The maximum atomic E-state index is 14.2. The Kier molecular flexibility index (Phi) is 7.35. The number of hydrogen-bond acceptors (Lipinski definition) is 2. The molecular formula is C28H22ClFN2O2. The standard InChI is InChI=1S/C28H22ClFN2O2/c29-22-17-15-21(16-18-22)26(32-27(33)23-13-7-8-14-24(23)30)28(34)31-25(19-9-3-1-4-10-19)20-11-5-2-6-12-20/h1-18,25-26H,(H,31,34)(H,32,33)/t26-/m1/s1. The zero-order valence-corrected chi connectivity index (χ0v) is 18.9. The average Bonchev–Trinajstić information content (AvgIpc) is 2.87. The highest BCUT2D eigenvalue weighted by molar-refractivity contribution is 6.30. The molecule has 6 heteroatoms. The second-order valence-corrected chi connectivity index (χ2v) is 8.14. The summed E-state index contributed by atoms with van der Waals surface area (Å²) in [6, 6.07) is 29.8. The van der Waals surface area contributed by atoms with Crippen LogP contribution in [0.5, 0.6) is 0 Å². The predicted octanol–water partition coefficient (Wildman–Crippen LogP) is 5.86. The highest BCUT2D eigenvalue weighted by Gasteiger charge is 2.27. The lowest BCUT2D eigenvalue weighted by atomic mass is 9.97. The number of hydrogen-bond donors (Lipinski definition) is 2. The number of rotatable bonds is 7. The molecule has 4 rings (SSSR count). The van der Waals surface area contributed by atoms with Gasteiger partial charge in [0.1, 0.15) is 11.9 Å². The highest BCUT2D eigenvalue weighted by Crippen LogP contribution is 2.24. The van der Waals surface area contributed by atoms with Crippen LogP contribution in [0.1, 0.15) is 39.1 Å². The normalized spacial score (nSPS) is 11.6. The van der Waals surface area contributed by atoms with Gasteiger partial charge < -0.3 is 10.6 Å². The van der Waals surface area contributed by atoms with Gasteiger partial charge in [-0.3, -0.25) is 9.59 Å². The molecule has 0 spiro atoms. The molecule has 34 heavy (non-hydrogen) atoms. The molecule has 0 heterocycles. The largest absolute Gasteiger partial charge is 0.343 e. The first kappa shape index (κ1) is 23.2. The van der Waals surface area contributed by atoms with E-state index in [1.165, 1.54) is 18.2 Å². The minimum absolute atomic E-state index is 0.142. The van der Waals surface area contributed by atoms with E-state index < -0.39 is 29.7 Å². The Hall–Kier alpha value is -3.96. The van der Waals surface area contributed by atoms with Crippen LogP contribution in [0.4, 0.5) is 4.39 Å². The Morgan fingerprint density at radius 1 is 0.647 bits per heavy atom. The van der Waals surface area contributed by atoms with Gasteiger partial charge in [0, 0.05) is 5.02 Å². The highest BCUT2D eigenvalue weighted by atomic mass is 35.5. The van der Waals surface area contributed by atoms with Crippen LogP contribution in [-0.2, 0) is 4.79 Å². The quantitative estimate of drug-likeness (QED) is 0.354. The summed E-state index contributed by atoms with van der Waals surface area (Å²) in [7, 11) is 0. The van der Waals surface area contributed by atoms with Crippen LogP contribution in [0.15, 0.2) is 109 Å². The monoisotopic (exact) mass is 472 g/mol. The van der Waals surface area contributed by atoms with Crippen LogP contribution < -0.4 is 10.6 Å². The van der Waals surface area contributed by atoms with Crippen LogP contribution in [0.2, 0.25) is 5.02 Å². The molecule has 0 bridgehead atoms. The molecular weight excluding hydrogens is 451 g/mol. The fraction of sp³-hybridized carbons (Fsp3) is 0.0714. The average molecular weight is 473 g/mol. The molecule has 2 N–H and O–H groups in total. The van der Waals surface area contributed by atoms with Crippen molar-refractivity contribution < 1.29 is 14.0 Å². The van der Waals surface area contributed by atoms with E-state index in [2.05, 4.69) is 10.6 Å². The SMILES string of the molecule is O=C(N[C@@H](C(=O)NC(c1ccccc1)c1ccccc1)c1ccc(Cl)cc1)c1ccccc1F. The molecule has 0 fully saturated rings. The van der Waals surface area contributed by atoms with E-state index in [4.69, 9.17) is 11.6 Å². The van der Waals surface area contributed by atoms with E-state index in [0.29, 0.717) is 10.6 Å². The van der Waals surface area contributed by atoms with E-state index >= 15 is 0 Å². The lowest BCUT2D eigenvalue weighted by Gasteiger charge is -2.25. The number of carbonyl (C=O) groups excluding carboxylic acids is 2. The van der Waals surface area contributed by atoms with Crippen molar-refractivity contribution >= 4 is 23.4 Å². The van der Waals surface area contributed by atoms with Crippen molar-refractivity contribution in [3.05, 3.63) is 142 Å². The van der Waals surface area contributed by atoms with Crippen LogP contribution in [0.3, 0.4) is 0 Å². The van der Waals surface area contributed by atoms with Crippen LogP contribution in [0.25, 0.3) is 0 Å². The third-order valence-corrected chi connectivity index (χ3v) is 5.66. The number of amides is 2. The molecule has 0 aromatic heterocycles. The predicted molar refractivity (Wildman–Crippen MR) is 131 cm³/mol. The topological polar surface area (TPSA) is 58.2 Å².